The molecule has 0 radical (unpaired) electrons. The van der Waals surface area contributed by atoms with Crippen molar-refractivity contribution >= 4 is 17.5 Å². The van der Waals surface area contributed by atoms with Gasteiger partial charge in [0.05, 0.1) is 6.61 Å². The van der Waals surface area contributed by atoms with Crippen LogP contribution in [0.25, 0.3) is 5.65 Å². The molecule has 158 valence electrons. The average molecular weight is 410 g/mol. The van der Waals surface area contributed by atoms with Crippen LogP contribution in [0, 0.1) is 0 Å². The third kappa shape index (κ3) is 5.14. The van der Waals surface area contributed by atoms with Gasteiger partial charge in [-0.25, -0.2) is 9.50 Å². The third-order valence-corrected chi connectivity index (χ3v) is 4.54. The number of benzene rings is 1. The van der Waals surface area contributed by atoms with Gasteiger partial charge in [-0.05, 0) is 25.3 Å². The monoisotopic (exact) mass is 410 g/mol. The molecular weight excluding hydrogens is 384 g/mol. The Morgan fingerprint density at radius 3 is 2.70 bits per heavy atom. The SMILES string of the molecule is CCCCc1cc(OCc2ccccc2)c(C(=O)NCC(=O)OCC)c2ncnn12. The number of unbranched alkanes of at least 4 members (excludes halogenated alkanes) is 1. The highest BCUT2D eigenvalue weighted by Gasteiger charge is 2.22. The number of carbonyl (C=O) groups is 2. The summed E-state index contributed by atoms with van der Waals surface area (Å²) in [6.45, 7) is 4.15. The molecule has 8 nitrogen and oxygen atoms in total. The van der Waals surface area contributed by atoms with Crippen LogP contribution in [0.3, 0.4) is 0 Å². The lowest BCUT2D eigenvalue weighted by atomic mass is 10.1. The van der Waals surface area contributed by atoms with Gasteiger partial charge in [0.2, 0.25) is 0 Å². The van der Waals surface area contributed by atoms with Crippen molar-refractivity contribution in [2.45, 2.75) is 39.7 Å². The van der Waals surface area contributed by atoms with Crippen molar-refractivity contribution in [2.24, 2.45) is 0 Å². The molecular formula is C22H26N4O4. The normalized spacial score (nSPS) is 10.7. The van der Waals surface area contributed by atoms with Gasteiger partial charge in [-0.2, -0.15) is 5.10 Å². The van der Waals surface area contributed by atoms with E-state index in [9.17, 15) is 9.59 Å². The Labute approximate surface area is 175 Å². The molecule has 0 bridgehead atoms. The van der Waals surface area contributed by atoms with E-state index >= 15 is 0 Å². The molecule has 2 aromatic heterocycles. The first-order valence-corrected chi connectivity index (χ1v) is 10.1. The Morgan fingerprint density at radius 2 is 1.97 bits per heavy atom. The highest BCUT2D eigenvalue weighted by molar-refractivity contribution is 6.03. The van der Waals surface area contributed by atoms with E-state index in [4.69, 9.17) is 9.47 Å². The van der Waals surface area contributed by atoms with E-state index in [1.165, 1.54) is 6.33 Å². The first kappa shape index (κ1) is 21.3. The second-order valence-corrected chi connectivity index (χ2v) is 6.74. The number of aromatic nitrogens is 3. The van der Waals surface area contributed by atoms with Gasteiger partial charge in [0.1, 0.15) is 30.8 Å². The van der Waals surface area contributed by atoms with Gasteiger partial charge in [0.25, 0.3) is 5.91 Å². The maximum absolute atomic E-state index is 12.9. The predicted molar refractivity (Wildman–Crippen MR) is 111 cm³/mol. The van der Waals surface area contributed by atoms with Gasteiger partial charge in [0.15, 0.2) is 5.65 Å². The van der Waals surface area contributed by atoms with Crippen LogP contribution in [-0.4, -0.2) is 39.6 Å². The molecule has 3 rings (SSSR count). The molecule has 1 amide bonds. The number of ether oxygens (including phenoxy) is 2. The quantitative estimate of drug-likeness (QED) is 0.517. The second kappa shape index (κ2) is 10.4. The van der Waals surface area contributed by atoms with E-state index < -0.39 is 11.9 Å². The number of pyridine rings is 1. The summed E-state index contributed by atoms with van der Waals surface area (Å²) >= 11 is 0. The Hall–Kier alpha value is -3.42. The fourth-order valence-electron chi connectivity index (χ4n) is 3.07. The summed E-state index contributed by atoms with van der Waals surface area (Å²) in [6.07, 6.45) is 4.19. The molecule has 0 aliphatic carbocycles. The minimum Gasteiger partial charge on any atom is -0.488 e. The number of nitrogens with one attached hydrogen (secondary N) is 1. The van der Waals surface area contributed by atoms with Gasteiger partial charge in [0, 0.05) is 11.8 Å². The Kier molecular flexibility index (Phi) is 7.37. The molecule has 30 heavy (non-hydrogen) atoms. The average Bonchev–Trinajstić information content (AvgIpc) is 3.25. The van der Waals surface area contributed by atoms with Gasteiger partial charge in [-0.3, -0.25) is 9.59 Å². The summed E-state index contributed by atoms with van der Waals surface area (Å²) < 4.78 is 12.6. The number of nitrogens with zero attached hydrogens (tertiary/aromatic N) is 3. The molecule has 0 saturated carbocycles. The first-order chi connectivity index (χ1) is 14.6. The number of hydrogen-bond donors (Lipinski definition) is 1. The number of aryl methyl sites for hydroxylation is 1. The highest BCUT2D eigenvalue weighted by Crippen LogP contribution is 2.26. The van der Waals surface area contributed by atoms with Crippen molar-refractivity contribution in [3.05, 3.63) is 59.5 Å². The number of carbonyl (C=O) groups excluding carboxylic acids is 2. The van der Waals surface area contributed by atoms with Crippen molar-refractivity contribution in [1.82, 2.24) is 19.9 Å². The largest absolute Gasteiger partial charge is 0.488 e. The van der Waals surface area contributed by atoms with Crippen LogP contribution in [0.15, 0.2) is 42.7 Å². The standard InChI is InChI=1S/C22H26N4O4/c1-3-5-11-17-12-18(30-14-16-9-7-6-8-10-16)20(21-24-15-25-26(17)21)22(28)23-13-19(27)29-4-2/h6-10,12,15H,3-5,11,13-14H2,1-2H3,(H,23,28). The molecule has 0 fully saturated rings. The van der Waals surface area contributed by atoms with E-state index in [2.05, 4.69) is 22.3 Å². The van der Waals surface area contributed by atoms with Gasteiger partial charge < -0.3 is 14.8 Å². The Bertz CT molecular complexity index is 1000. The number of esters is 1. The van der Waals surface area contributed by atoms with Crippen LogP contribution in [0.2, 0.25) is 0 Å². The number of rotatable bonds is 10. The van der Waals surface area contributed by atoms with Crippen molar-refractivity contribution in [1.29, 1.82) is 0 Å². The Morgan fingerprint density at radius 1 is 1.17 bits per heavy atom. The highest BCUT2D eigenvalue weighted by atomic mass is 16.5. The number of amides is 1. The molecule has 0 spiro atoms. The fraction of sp³-hybridized carbons (Fsp3) is 0.364. The molecule has 1 N–H and O–H groups in total. The topological polar surface area (TPSA) is 94.8 Å². The predicted octanol–water partition coefficient (Wildman–Crippen LogP) is 2.94. The summed E-state index contributed by atoms with van der Waals surface area (Å²) in [7, 11) is 0. The lowest BCUT2D eigenvalue weighted by Gasteiger charge is -2.15. The zero-order valence-electron chi connectivity index (χ0n) is 17.3. The van der Waals surface area contributed by atoms with Crippen molar-refractivity contribution < 1.29 is 19.1 Å². The summed E-state index contributed by atoms with van der Waals surface area (Å²) in [5, 5.41) is 6.87. The summed E-state index contributed by atoms with van der Waals surface area (Å²) in [6, 6.07) is 11.5. The zero-order valence-corrected chi connectivity index (χ0v) is 17.3. The van der Waals surface area contributed by atoms with E-state index in [-0.39, 0.29) is 18.7 Å². The van der Waals surface area contributed by atoms with Crippen molar-refractivity contribution in [3.63, 3.8) is 0 Å². The lowest BCUT2D eigenvalue weighted by Crippen LogP contribution is -2.31. The maximum atomic E-state index is 12.9. The van der Waals surface area contributed by atoms with Crippen LogP contribution >= 0.6 is 0 Å². The molecule has 0 atom stereocenters. The molecule has 0 unspecified atom stereocenters. The van der Waals surface area contributed by atoms with Crippen LogP contribution in [0.4, 0.5) is 0 Å². The van der Waals surface area contributed by atoms with Gasteiger partial charge >= 0.3 is 5.97 Å². The number of fused-ring (bicyclic) bond motifs is 1. The van der Waals surface area contributed by atoms with Gasteiger partial charge in [-0.1, -0.05) is 43.7 Å². The van der Waals surface area contributed by atoms with Crippen LogP contribution in [0.5, 0.6) is 5.75 Å². The van der Waals surface area contributed by atoms with E-state index in [1.54, 1.807) is 11.4 Å². The van der Waals surface area contributed by atoms with Crippen molar-refractivity contribution in [3.8, 4) is 5.75 Å². The van der Waals surface area contributed by atoms with Gasteiger partial charge in [-0.15, -0.1) is 0 Å². The maximum Gasteiger partial charge on any atom is 0.325 e. The first-order valence-electron chi connectivity index (χ1n) is 10.1. The van der Waals surface area contributed by atoms with Crippen LogP contribution < -0.4 is 10.1 Å². The summed E-state index contributed by atoms with van der Waals surface area (Å²) in [4.78, 5) is 28.9. The third-order valence-electron chi connectivity index (χ3n) is 4.54. The minimum atomic E-state index is -0.505. The molecule has 3 aromatic rings. The molecule has 0 aliphatic rings. The molecule has 0 saturated heterocycles. The Balaban J connectivity index is 1.94. The van der Waals surface area contributed by atoms with E-state index in [1.807, 2.05) is 36.4 Å². The molecule has 1 aromatic carbocycles. The lowest BCUT2D eigenvalue weighted by molar-refractivity contribution is -0.141. The van der Waals surface area contributed by atoms with Crippen LogP contribution in [-0.2, 0) is 22.6 Å². The van der Waals surface area contributed by atoms with E-state index in [0.29, 0.717) is 18.0 Å². The smallest absolute Gasteiger partial charge is 0.325 e. The number of hydrogen-bond acceptors (Lipinski definition) is 6. The summed E-state index contributed by atoms with van der Waals surface area (Å²) in [5.41, 5.74) is 2.53. The zero-order chi connectivity index (χ0) is 21.3. The van der Waals surface area contributed by atoms with E-state index in [0.717, 1.165) is 30.5 Å². The molecule has 2 heterocycles. The summed E-state index contributed by atoms with van der Waals surface area (Å²) in [5.74, 6) is -0.562. The minimum absolute atomic E-state index is 0.233. The fourth-order valence-corrected chi connectivity index (χ4v) is 3.07. The molecule has 0 aliphatic heterocycles. The van der Waals surface area contributed by atoms with Crippen LogP contribution in [0.1, 0.15) is 48.3 Å². The van der Waals surface area contributed by atoms with Crippen molar-refractivity contribution in [2.75, 3.05) is 13.2 Å². The second-order valence-electron chi connectivity index (χ2n) is 6.74. The molecule has 8 heteroatoms.